The molecule has 5 nitrogen and oxygen atoms in total. The molecule has 6 heteroatoms. The smallest absolute Gasteiger partial charge is 0.0814 e. The van der Waals surface area contributed by atoms with Gasteiger partial charge in [-0.3, -0.25) is 4.21 Å². The molecule has 1 saturated heterocycles. The van der Waals surface area contributed by atoms with Crippen LogP contribution in [-0.2, 0) is 11.3 Å². The van der Waals surface area contributed by atoms with Gasteiger partial charge >= 0.3 is 0 Å². The van der Waals surface area contributed by atoms with Crippen molar-refractivity contribution in [3.63, 3.8) is 0 Å². The zero-order valence-electron chi connectivity index (χ0n) is 14.2. The molecular weight excluding hydrogens is 334 g/mol. The predicted molar refractivity (Wildman–Crippen MR) is 98.7 cm³/mol. The van der Waals surface area contributed by atoms with E-state index in [1.54, 1.807) is 0 Å². The number of nitrogens with two attached hydrogens (primary N) is 1. The van der Waals surface area contributed by atoms with E-state index < -0.39 is 23.4 Å². The molecule has 2 aromatic carbocycles. The fourth-order valence-electron chi connectivity index (χ4n) is 3.42. The van der Waals surface area contributed by atoms with Gasteiger partial charge < -0.3 is 10.3 Å². The average molecular weight is 358 g/mol. The van der Waals surface area contributed by atoms with Crippen molar-refractivity contribution in [1.82, 2.24) is 9.42 Å². The molecule has 1 fully saturated rings. The standard InChI is InChI=1S/C19H25N3O2S/c20-18(16-10-4-1-5-11-16)19(17-12-6-2-7-13-17)22(25(23)24)21-14-8-3-9-15-21/h1-2,4-7,10-13,18-19H,3,8-9,14-15,20H2,(H,23,24)/p-1/t18-,19-/m0/s1. The first-order valence-electron chi connectivity index (χ1n) is 8.67. The van der Waals surface area contributed by atoms with Gasteiger partial charge in [-0.1, -0.05) is 67.1 Å². The first-order valence-corrected chi connectivity index (χ1v) is 9.70. The summed E-state index contributed by atoms with van der Waals surface area (Å²) >= 11 is -2.40. The van der Waals surface area contributed by atoms with E-state index in [1.807, 2.05) is 65.7 Å². The van der Waals surface area contributed by atoms with Crippen LogP contribution in [0.4, 0.5) is 0 Å². The van der Waals surface area contributed by atoms with Crippen molar-refractivity contribution >= 4 is 11.3 Å². The summed E-state index contributed by atoms with van der Waals surface area (Å²) in [7, 11) is 0. The van der Waals surface area contributed by atoms with Crippen molar-refractivity contribution in [2.24, 2.45) is 5.73 Å². The monoisotopic (exact) mass is 358 g/mol. The van der Waals surface area contributed by atoms with Crippen LogP contribution < -0.4 is 5.73 Å². The molecule has 2 aromatic rings. The van der Waals surface area contributed by atoms with Crippen molar-refractivity contribution in [3.05, 3.63) is 71.8 Å². The Bertz CT molecular complexity index is 678. The fourth-order valence-corrected chi connectivity index (χ4v) is 4.21. The van der Waals surface area contributed by atoms with Crippen molar-refractivity contribution in [2.45, 2.75) is 31.3 Å². The Morgan fingerprint density at radius 2 is 1.44 bits per heavy atom. The number of nitrogens with zero attached hydrogens (tertiary/aromatic N) is 2. The summed E-state index contributed by atoms with van der Waals surface area (Å²) in [6, 6.07) is 18.4. The second-order valence-electron chi connectivity index (χ2n) is 6.33. The van der Waals surface area contributed by atoms with Crippen molar-refractivity contribution in [1.29, 1.82) is 0 Å². The van der Waals surface area contributed by atoms with Gasteiger partial charge in [0, 0.05) is 24.4 Å². The number of hydrogen-bond donors (Lipinski definition) is 1. The number of piperidine rings is 1. The molecule has 3 rings (SSSR count). The van der Waals surface area contributed by atoms with Gasteiger partial charge in [0.25, 0.3) is 0 Å². The van der Waals surface area contributed by atoms with Gasteiger partial charge in [0.2, 0.25) is 0 Å². The molecule has 1 aliphatic heterocycles. The molecule has 1 unspecified atom stereocenters. The number of rotatable bonds is 6. The highest BCUT2D eigenvalue weighted by atomic mass is 32.2. The Morgan fingerprint density at radius 1 is 0.920 bits per heavy atom. The van der Waals surface area contributed by atoms with Crippen LogP contribution in [0.15, 0.2) is 60.7 Å². The molecule has 1 heterocycles. The molecule has 0 radical (unpaired) electrons. The molecule has 1 aliphatic rings. The van der Waals surface area contributed by atoms with E-state index in [0.29, 0.717) is 0 Å². The van der Waals surface area contributed by atoms with Gasteiger partial charge in [-0.15, -0.1) is 0 Å². The Labute approximate surface area is 151 Å². The Morgan fingerprint density at radius 3 is 1.96 bits per heavy atom. The van der Waals surface area contributed by atoms with Gasteiger partial charge in [-0.2, -0.15) is 4.41 Å². The topological polar surface area (TPSA) is 72.6 Å². The van der Waals surface area contributed by atoms with Crippen LogP contribution in [0.25, 0.3) is 0 Å². The predicted octanol–water partition coefficient (Wildman–Crippen LogP) is 2.92. The summed E-state index contributed by atoms with van der Waals surface area (Å²) in [6.45, 7) is 1.47. The summed E-state index contributed by atoms with van der Waals surface area (Å²) in [5, 5.41) is 1.92. The second kappa shape index (κ2) is 8.69. The van der Waals surface area contributed by atoms with Crippen LogP contribution in [-0.4, -0.2) is 31.3 Å². The molecule has 0 amide bonds. The summed E-state index contributed by atoms with van der Waals surface area (Å²) in [4.78, 5) is 0. The summed E-state index contributed by atoms with van der Waals surface area (Å²) in [5.74, 6) is 0. The minimum Gasteiger partial charge on any atom is -0.759 e. The highest BCUT2D eigenvalue weighted by Gasteiger charge is 2.33. The number of hydrazine groups is 1. The first-order chi connectivity index (χ1) is 12.2. The van der Waals surface area contributed by atoms with Crippen molar-refractivity contribution in [2.75, 3.05) is 13.1 Å². The summed E-state index contributed by atoms with van der Waals surface area (Å²) in [5.41, 5.74) is 8.39. The van der Waals surface area contributed by atoms with Crippen molar-refractivity contribution < 1.29 is 8.76 Å². The van der Waals surface area contributed by atoms with E-state index in [1.165, 1.54) is 4.41 Å². The van der Waals surface area contributed by atoms with E-state index in [2.05, 4.69) is 0 Å². The highest BCUT2D eigenvalue weighted by molar-refractivity contribution is 7.76. The Hall–Kier alpha value is -1.57. The minimum absolute atomic E-state index is 0.455. The van der Waals surface area contributed by atoms with E-state index in [4.69, 9.17) is 5.73 Å². The lowest BCUT2D eigenvalue weighted by molar-refractivity contribution is -0.00526. The zero-order valence-corrected chi connectivity index (χ0v) is 15.0. The first kappa shape index (κ1) is 18.2. The SMILES string of the molecule is N[C@@H](c1ccccc1)[C@H](c1ccccc1)N(N1CCCCC1)S(=O)[O-]. The third-order valence-corrected chi connectivity index (χ3v) is 5.43. The Balaban J connectivity index is 2.01. The van der Waals surface area contributed by atoms with E-state index in [9.17, 15) is 8.76 Å². The molecule has 0 spiro atoms. The third kappa shape index (κ3) is 4.34. The second-order valence-corrected chi connectivity index (χ2v) is 7.13. The maximum absolute atomic E-state index is 12.2. The fraction of sp³-hybridized carbons (Fsp3) is 0.368. The Kier molecular flexibility index (Phi) is 6.34. The normalized spacial score (nSPS) is 19.5. The lowest BCUT2D eigenvalue weighted by Gasteiger charge is -2.44. The summed E-state index contributed by atoms with van der Waals surface area (Å²) in [6.07, 6.45) is 3.13. The van der Waals surface area contributed by atoms with Crippen LogP contribution in [0, 0.1) is 0 Å². The van der Waals surface area contributed by atoms with Crippen LogP contribution in [0.2, 0.25) is 0 Å². The van der Waals surface area contributed by atoms with Gasteiger partial charge in [0.1, 0.15) is 0 Å². The molecular formula is C19H24N3O2S-. The molecule has 0 saturated carbocycles. The van der Waals surface area contributed by atoms with Crippen LogP contribution >= 0.6 is 0 Å². The molecule has 0 aromatic heterocycles. The average Bonchev–Trinajstić information content (AvgIpc) is 2.67. The maximum Gasteiger partial charge on any atom is 0.0814 e. The lowest BCUT2D eigenvalue weighted by atomic mass is 9.94. The largest absolute Gasteiger partial charge is 0.759 e. The van der Waals surface area contributed by atoms with E-state index in [0.717, 1.165) is 43.5 Å². The van der Waals surface area contributed by atoms with E-state index >= 15 is 0 Å². The van der Waals surface area contributed by atoms with E-state index in [-0.39, 0.29) is 0 Å². The summed E-state index contributed by atoms with van der Waals surface area (Å²) < 4.78 is 25.8. The third-order valence-electron chi connectivity index (χ3n) is 4.67. The number of hydrogen-bond acceptors (Lipinski definition) is 4. The van der Waals surface area contributed by atoms with Crippen LogP contribution in [0.3, 0.4) is 0 Å². The molecule has 0 bridgehead atoms. The number of benzene rings is 2. The van der Waals surface area contributed by atoms with Crippen LogP contribution in [0.5, 0.6) is 0 Å². The van der Waals surface area contributed by atoms with Gasteiger partial charge in [0.15, 0.2) is 0 Å². The minimum atomic E-state index is -2.40. The quantitative estimate of drug-likeness (QED) is 0.806. The molecule has 0 aliphatic carbocycles. The molecule has 3 atom stereocenters. The zero-order chi connectivity index (χ0) is 17.6. The maximum atomic E-state index is 12.2. The lowest BCUT2D eigenvalue weighted by Crippen LogP contribution is -2.50. The van der Waals surface area contributed by atoms with Crippen molar-refractivity contribution in [3.8, 4) is 0 Å². The molecule has 2 N–H and O–H groups in total. The van der Waals surface area contributed by atoms with Gasteiger partial charge in [-0.05, 0) is 24.0 Å². The molecule has 25 heavy (non-hydrogen) atoms. The van der Waals surface area contributed by atoms with Gasteiger partial charge in [-0.25, -0.2) is 5.01 Å². The molecule has 134 valence electrons. The van der Waals surface area contributed by atoms with Crippen LogP contribution in [0.1, 0.15) is 42.5 Å². The van der Waals surface area contributed by atoms with Gasteiger partial charge in [0.05, 0.1) is 12.1 Å². The highest BCUT2D eigenvalue weighted by Crippen LogP contribution is 2.35.